The van der Waals surface area contributed by atoms with Crippen LogP contribution in [-0.2, 0) is 0 Å². The number of hydrogen-bond donors (Lipinski definition) is 0. The first-order valence-electron chi connectivity index (χ1n) is 15.9. The van der Waals surface area contributed by atoms with Crippen molar-refractivity contribution in [3.63, 3.8) is 0 Å². The van der Waals surface area contributed by atoms with Crippen molar-refractivity contribution in [1.29, 1.82) is 0 Å². The van der Waals surface area contributed by atoms with Gasteiger partial charge in [0.1, 0.15) is 0 Å². The Hall–Kier alpha value is -5.98. The standard InChI is InChI=1S/C46H30/c1-2-12-31(13-3-1)35-26-27-39-37(29-35)17-11-23-40(39)46-43-21-8-6-19-41(43)45(42-20-7-9-22-44(42)46)38-18-10-16-34(30-38)36-25-24-32-14-4-5-15-33(32)28-36/h1-30H. The molecule has 9 rings (SSSR count). The highest BCUT2D eigenvalue weighted by molar-refractivity contribution is 6.23. The van der Waals surface area contributed by atoms with E-state index >= 15 is 0 Å². The Labute approximate surface area is 268 Å². The molecule has 0 aliphatic rings. The Bertz CT molecular complexity index is 2520. The summed E-state index contributed by atoms with van der Waals surface area (Å²) in [5.74, 6) is 0. The predicted molar refractivity (Wildman–Crippen MR) is 198 cm³/mol. The summed E-state index contributed by atoms with van der Waals surface area (Å²) in [4.78, 5) is 0. The van der Waals surface area contributed by atoms with E-state index in [0.29, 0.717) is 0 Å². The van der Waals surface area contributed by atoms with Gasteiger partial charge in [0, 0.05) is 0 Å². The van der Waals surface area contributed by atoms with E-state index in [1.165, 1.54) is 87.6 Å². The first-order valence-corrected chi connectivity index (χ1v) is 15.9. The van der Waals surface area contributed by atoms with Gasteiger partial charge in [0.2, 0.25) is 0 Å². The second-order valence-corrected chi connectivity index (χ2v) is 12.1. The maximum Gasteiger partial charge on any atom is -0.00201 e. The highest BCUT2D eigenvalue weighted by Gasteiger charge is 2.18. The summed E-state index contributed by atoms with van der Waals surface area (Å²) in [7, 11) is 0. The van der Waals surface area contributed by atoms with Crippen LogP contribution in [0.3, 0.4) is 0 Å². The third-order valence-corrected chi connectivity index (χ3v) is 9.42. The second kappa shape index (κ2) is 10.9. The fraction of sp³-hybridized carbons (Fsp3) is 0. The van der Waals surface area contributed by atoms with Crippen LogP contribution in [0.25, 0.3) is 87.6 Å². The van der Waals surface area contributed by atoms with E-state index < -0.39 is 0 Å². The van der Waals surface area contributed by atoms with Crippen LogP contribution < -0.4 is 0 Å². The molecule has 0 bridgehead atoms. The summed E-state index contributed by atoms with van der Waals surface area (Å²) < 4.78 is 0. The first kappa shape index (κ1) is 26.4. The molecule has 0 atom stereocenters. The fourth-order valence-electron chi connectivity index (χ4n) is 7.26. The van der Waals surface area contributed by atoms with Crippen molar-refractivity contribution in [3.8, 4) is 44.5 Å². The summed E-state index contributed by atoms with van der Waals surface area (Å²) in [5, 5.41) is 10.1. The Morgan fingerprint density at radius 2 is 0.717 bits per heavy atom. The Morgan fingerprint density at radius 3 is 1.48 bits per heavy atom. The third kappa shape index (κ3) is 4.38. The topological polar surface area (TPSA) is 0 Å². The average molecular weight is 583 g/mol. The van der Waals surface area contributed by atoms with E-state index in [4.69, 9.17) is 0 Å². The minimum Gasteiger partial charge on any atom is -0.0622 e. The van der Waals surface area contributed by atoms with E-state index in [1.54, 1.807) is 0 Å². The van der Waals surface area contributed by atoms with Crippen molar-refractivity contribution in [2.45, 2.75) is 0 Å². The molecule has 0 fully saturated rings. The quantitative estimate of drug-likeness (QED) is 0.181. The number of benzene rings is 9. The molecule has 0 unspecified atom stereocenters. The lowest BCUT2D eigenvalue weighted by atomic mass is 9.84. The van der Waals surface area contributed by atoms with Crippen molar-refractivity contribution >= 4 is 43.1 Å². The van der Waals surface area contributed by atoms with Crippen LogP contribution >= 0.6 is 0 Å². The maximum absolute atomic E-state index is 2.36. The first-order chi connectivity index (χ1) is 22.8. The Kier molecular flexibility index (Phi) is 6.25. The number of fused-ring (bicyclic) bond motifs is 4. The molecule has 0 spiro atoms. The SMILES string of the molecule is c1ccc(-c2ccc3c(-c4c5ccccc5c(-c5cccc(-c6ccc7ccccc7c6)c5)c5ccccc45)cccc3c2)cc1. The summed E-state index contributed by atoms with van der Waals surface area (Å²) in [6, 6.07) is 66.5. The molecule has 0 heterocycles. The minimum atomic E-state index is 1.23. The highest BCUT2D eigenvalue weighted by atomic mass is 14.2. The van der Waals surface area contributed by atoms with Crippen LogP contribution in [0.2, 0.25) is 0 Å². The van der Waals surface area contributed by atoms with Gasteiger partial charge in [-0.25, -0.2) is 0 Å². The normalized spacial score (nSPS) is 11.5. The van der Waals surface area contributed by atoms with Crippen LogP contribution in [0.5, 0.6) is 0 Å². The highest BCUT2D eigenvalue weighted by Crippen LogP contribution is 2.46. The summed E-state index contributed by atoms with van der Waals surface area (Å²) >= 11 is 0. The van der Waals surface area contributed by atoms with Gasteiger partial charge in [-0.15, -0.1) is 0 Å². The molecule has 0 radical (unpaired) electrons. The van der Waals surface area contributed by atoms with E-state index in [0.717, 1.165) is 0 Å². The maximum atomic E-state index is 2.36. The molecule has 0 nitrogen and oxygen atoms in total. The van der Waals surface area contributed by atoms with Gasteiger partial charge in [-0.2, -0.15) is 0 Å². The lowest BCUT2D eigenvalue weighted by Crippen LogP contribution is -1.92. The van der Waals surface area contributed by atoms with E-state index in [1.807, 2.05) is 0 Å². The van der Waals surface area contributed by atoms with Gasteiger partial charge < -0.3 is 0 Å². The molecule has 0 amide bonds. The molecule has 0 saturated heterocycles. The van der Waals surface area contributed by atoms with Crippen LogP contribution in [0.4, 0.5) is 0 Å². The zero-order valence-corrected chi connectivity index (χ0v) is 25.3. The molecule has 0 heteroatoms. The zero-order valence-electron chi connectivity index (χ0n) is 25.3. The van der Waals surface area contributed by atoms with Gasteiger partial charge in [0.25, 0.3) is 0 Å². The number of hydrogen-bond acceptors (Lipinski definition) is 0. The summed E-state index contributed by atoms with van der Waals surface area (Å²) in [6.45, 7) is 0. The van der Waals surface area contributed by atoms with Gasteiger partial charge in [-0.05, 0) is 106 Å². The molecule has 214 valence electrons. The fourth-order valence-corrected chi connectivity index (χ4v) is 7.26. The van der Waals surface area contributed by atoms with Gasteiger partial charge in [0.05, 0.1) is 0 Å². The zero-order chi connectivity index (χ0) is 30.5. The Balaban J connectivity index is 1.27. The molecule has 0 aliphatic heterocycles. The van der Waals surface area contributed by atoms with Crippen molar-refractivity contribution in [2.75, 3.05) is 0 Å². The summed E-state index contributed by atoms with van der Waals surface area (Å²) in [6.07, 6.45) is 0. The predicted octanol–water partition coefficient (Wildman–Crippen LogP) is 13.0. The van der Waals surface area contributed by atoms with Crippen LogP contribution in [-0.4, -0.2) is 0 Å². The largest absolute Gasteiger partial charge is 0.0622 e. The van der Waals surface area contributed by atoms with Crippen molar-refractivity contribution in [3.05, 3.63) is 182 Å². The van der Waals surface area contributed by atoms with E-state index in [2.05, 4.69) is 182 Å². The molecule has 9 aromatic carbocycles. The molecule has 0 saturated carbocycles. The van der Waals surface area contributed by atoms with Crippen molar-refractivity contribution in [1.82, 2.24) is 0 Å². The smallest absolute Gasteiger partial charge is 0.00201 e. The number of rotatable bonds is 4. The van der Waals surface area contributed by atoms with Gasteiger partial charge in [-0.1, -0.05) is 164 Å². The van der Waals surface area contributed by atoms with E-state index in [-0.39, 0.29) is 0 Å². The third-order valence-electron chi connectivity index (χ3n) is 9.42. The second-order valence-electron chi connectivity index (χ2n) is 12.1. The van der Waals surface area contributed by atoms with Crippen LogP contribution in [0.15, 0.2) is 182 Å². The molecular weight excluding hydrogens is 553 g/mol. The minimum absolute atomic E-state index is 1.23. The van der Waals surface area contributed by atoms with Crippen LogP contribution in [0, 0.1) is 0 Å². The summed E-state index contributed by atoms with van der Waals surface area (Å²) in [5.41, 5.74) is 10.0. The van der Waals surface area contributed by atoms with Gasteiger partial charge >= 0.3 is 0 Å². The molecule has 9 aromatic rings. The van der Waals surface area contributed by atoms with Gasteiger partial charge in [0.15, 0.2) is 0 Å². The Morgan fingerprint density at radius 1 is 0.217 bits per heavy atom. The van der Waals surface area contributed by atoms with Crippen molar-refractivity contribution in [2.24, 2.45) is 0 Å². The van der Waals surface area contributed by atoms with Crippen molar-refractivity contribution < 1.29 is 0 Å². The lowest BCUT2D eigenvalue weighted by Gasteiger charge is -2.19. The average Bonchev–Trinajstić information content (AvgIpc) is 3.13. The van der Waals surface area contributed by atoms with E-state index in [9.17, 15) is 0 Å². The molecule has 46 heavy (non-hydrogen) atoms. The molecule has 0 N–H and O–H groups in total. The molecule has 0 aliphatic carbocycles. The monoisotopic (exact) mass is 582 g/mol. The van der Waals surface area contributed by atoms with Gasteiger partial charge in [-0.3, -0.25) is 0 Å². The molecule has 0 aromatic heterocycles. The van der Waals surface area contributed by atoms with Crippen LogP contribution in [0.1, 0.15) is 0 Å². The lowest BCUT2D eigenvalue weighted by molar-refractivity contribution is 1.62. The molecular formula is C46H30.